The van der Waals surface area contributed by atoms with Gasteiger partial charge in [0, 0.05) is 22.6 Å². The number of hydrogen-bond acceptors (Lipinski definition) is 4. The largest absolute Gasteiger partial charge is 0.274 e. The molecule has 0 unspecified atom stereocenters. The van der Waals surface area contributed by atoms with E-state index in [-0.39, 0.29) is 17.9 Å². The minimum absolute atomic E-state index is 0.127. The van der Waals surface area contributed by atoms with Crippen LogP contribution in [-0.2, 0) is 9.59 Å². The summed E-state index contributed by atoms with van der Waals surface area (Å²) in [6.45, 7) is 1.66. The summed E-state index contributed by atoms with van der Waals surface area (Å²) in [5.41, 5.74) is 1.64. The molecule has 2 amide bonds. The van der Waals surface area contributed by atoms with Crippen LogP contribution in [0.5, 0.6) is 0 Å². The van der Waals surface area contributed by atoms with Crippen molar-refractivity contribution in [3.05, 3.63) is 63.6 Å². The minimum Gasteiger partial charge on any atom is -0.274 e. The third kappa shape index (κ3) is 2.58. The number of benzene rings is 2. The number of imide groups is 1. The van der Waals surface area contributed by atoms with Crippen LogP contribution < -0.4 is 4.90 Å². The molecule has 0 bridgehead atoms. The molecule has 3 fully saturated rings. The minimum atomic E-state index is -0.431. The predicted octanol–water partition coefficient (Wildman–Crippen LogP) is 3.64. The van der Waals surface area contributed by atoms with Gasteiger partial charge in [0.15, 0.2) is 0 Å². The van der Waals surface area contributed by atoms with Gasteiger partial charge in [-0.15, -0.1) is 0 Å². The Morgan fingerprint density at radius 1 is 0.926 bits per heavy atom. The third-order valence-corrected chi connectivity index (χ3v) is 6.43. The summed E-state index contributed by atoms with van der Waals surface area (Å²) in [5, 5.41) is 4.96. The van der Waals surface area contributed by atoms with Crippen LogP contribution in [0.1, 0.15) is 18.0 Å². The lowest BCUT2D eigenvalue weighted by molar-refractivity contribution is -0.126. The number of fused-ring (bicyclic) bond motifs is 3. The molecular weight excluding hydrogens is 430 g/mol. The van der Waals surface area contributed by atoms with E-state index < -0.39 is 12.0 Å². The Labute approximate surface area is 170 Å². The predicted molar refractivity (Wildman–Crippen MR) is 106 cm³/mol. The number of carbonyl (C=O) groups is 2. The number of hydrazine groups is 1. The fourth-order valence-corrected chi connectivity index (χ4v) is 5.16. The van der Waals surface area contributed by atoms with Gasteiger partial charge < -0.3 is 0 Å². The zero-order chi connectivity index (χ0) is 18.7. The van der Waals surface area contributed by atoms with Gasteiger partial charge in [0.25, 0.3) is 5.91 Å². The van der Waals surface area contributed by atoms with Gasteiger partial charge in [-0.05, 0) is 42.3 Å². The van der Waals surface area contributed by atoms with Gasteiger partial charge in [0.05, 0.1) is 17.6 Å². The molecule has 0 aliphatic carbocycles. The Morgan fingerprint density at radius 3 is 2.33 bits per heavy atom. The molecule has 0 aromatic heterocycles. The zero-order valence-electron chi connectivity index (χ0n) is 14.4. The van der Waals surface area contributed by atoms with E-state index in [0.717, 1.165) is 29.5 Å². The molecule has 0 N–H and O–H groups in total. The Morgan fingerprint density at radius 2 is 1.63 bits per heavy atom. The molecule has 3 atom stereocenters. The molecule has 2 aromatic carbocycles. The van der Waals surface area contributed by atoms with Crippen LogP contribution in [0, 0.1) is 5.92 Å². The summed E-state index contributed by atoms with van der Waals surface area (Å²) in [6, 6.07) is 14.4. The number of carbonyl (C=O) groups excluding carboxylic acids is 2. The van der Waals surface area contributed by atoms with Crippen LogP contribution >= 0.6 is 27.5 Å². The van der Waals surface area contributed by atoms with E-state index >= 15 is 0 Å². The molecule has 5 rings (SSSR count). The number of rotatable bonds is 2. The lowest BCUT2D eigenvalue weighted by atomic mass is 9.90. The van der Waals surface area contributed by atoms with Gasteiger partial charge in [-0.1, -0.05) is 45.7 Å². The monoisotopic (exact) mass is 445 g/mol. The first-order chi connectivity index (χ1) is 13.1. The van der Waals surface area contributed by atoms with E-state index in [1.54, 1.807) is 6.07 Å². The van der Waals surface area contributed by atoms with E-state index in [0.29, 0.717) is 10.7 Å². The maximum Gasteiger partial charge on any atom is 0.253 e. The Balaban J connectivity index is 1.59. The van der Waals surface area contributed by atoms with Crippen molar-refractivity contribution < 1.29 is 9.59 Å². The van der Waals surface area contributed by atoms with Crippen molar-refractivity contribution in [2.45, 2.75) is 18.5 Å². The molecule has 27 heavy (non-hydrogen) atoms. The Kier molecular flexibility index (Phi) is 4.13. The highest BCUT2D eigenvalue weighted by Gasteiger charge is 2.62. The first-order valence-corrected chi connectivity index (χ1v) is 10.2. The van der Waals surface area contributed by atoms with Gasteiger partial charge in [-0.25, -0.2) is 14.9 Å². The van der Waals surface area contributed by atoms with Gasteiger partial charge >= 0.3 is 0 Å². The van der Waals surface area contributed by atoms with Crippen LogP contribution in [0.15, 0.2) is 53.0 Å². The molecule has 0 spiro atoms. The quantitative estimate of drug-likeness (QED) is 0.661. The number of hydrogen-bond donors (Lipinski definition) is 0. The zero-order valence-corrected chi connectivity index (χ0v) is 16.7. The van der Waals surface area contributed by atoms with Gasteiger partial charge in [-0.2, -0.15) is 0 Å². The molecule has 7 heteroatoms. The molecule has 5 nitrogen and oxygen atoms in total. The van der Waals surface area contributed by atoms with E-state index in [2.05, 4.69) is 25.9 Å². The standard InChI is InChI=1S/C20H17BrClN3O2/c21-13-3-1-4-15(11-13)25-19(26)16-17(12-5-7-14(22)8-6-12)23-9-2-10-24(23)18(16)20(25)27/h1,3-8,11,16-18H,2,9-10H2/t16-,17+,18-/m1/s1. The third-order valence-electron chi connectivity index (χ3n) is 5.68. The van der Waals surface area contributed by atoms with E-state index in [4.69, 9.17) is 11.6 Å². The number of anilines is 1. The van der Waals surface area contributed by atoms with Crippen molar-refractivity contribution in [1.29, 1.82) is 0 Å². The molecule has 0 saturated carbocycles. The van der Waals surface area contributed by atoms with Crippen molar-refractivity contribution in [1.82, 2.24) is 10.0 Å². The lowest BCUT2D eigenvalue weighted by Gasteiger charge is -2.29. The van der Waals surface area contributed by atoms with Gasteiger partial charge in [-0.3, -0.25) is 9.59 Å². The first-order valence-electron chi connectivity index (χ1n) is 8.98. The molecule has 0 radical (unpaired) electrons. The smallest absolute Gasteiger partial charge is 0.253 e. The highest BCUT2D eigenvalue weighted by Crippen LogP contribution is 2.49. The van der Waals surface area contributed by atoms with Crippen molar-refractivity contribution >= 4 is 45.0 Å². The van der Waals surface area contributed by atoms with Crippen molar-refractivity contribution in [2.24, 2.45) is 5.92 Å². The van der Waals surface area contributed by atoms with Crippen molar-refractivity contribution in [3.8, 4) is 0 Å². The van der Waals surface area contributed by atoms with Gasteiger partial charge in [0.2, 0.25) is 5.91 Å². The second-order valence-corrected chi connectivity index (χ2v) is 8.49. The maximum absolute atomic E-state index is 13.4. The Hall–Kier alpha value is -1.73. The van der Waals surface area contributed by atoms with Gasteiger partial charge in [0.1, 0.15) is 6.04 Å². The van der Waals surface area contributed by atoms with Crippen LogP contribution in [0.25, 0.3) is 0 Å². The molecule has 2 aromatic rings. The summed E-state index contributed by atoms with van der Waals surface area (Å²) < 4.78 is 0.842. The highest BCUT2D eigenvalue weighted by molar-refractivity contribution is 9.10. The van der Waals surface area contributed by atoms with Crippen LogP contribution in [0.3, 0.4) is 0 Å². The summed E-state index contributed by atoms with van der Waals surface area (Å²) in [4.78, 5) is 28.0. The average Bonchev–Trinajstić information content (AvgIpc) is 3.28. The van der Waals surface area contributed by atoms with Crippen LogP contribution in [0.2, 0.25) is 5.02 Å². The second kappa shape index (κ2) is 6.41. The fraction of sp³-hybridized carbons (Fsp3) is 0.300. The van der Waals surface area contributed by atoms with E-state index in [9.17, 15) is 9.59 Å². The topological polar surface area (TPSA) is 43.9 Å². The normalized spacial score (nSPS) is 28.1. The molecule has 3 aliphatic rings. The van der Waals surface area contributed by atoms with E-state index in [1.165, 1.54) is 4.90 Å². The SMILES string of the molecule is O=C1[C@H]2[C@H](C(=O)N1c1cccc(Br)c1)N1CCCN1[C@H]2c1ccc(Cl)cc1. The van der Waals surface area contributed by atoms with Crippen LogP contribution in [-0.4, -0.2) is 41.0 Å². The first kappa shape index (κ1) is 17.4. The van der Waals surface area contributed by atoms with Crippen LogP contribution in [0.4, 0.5) is 5.69 Å². The number of amides is 2. The molecule has 3 aliphatic heterocycles. The molecule has 3 heterocycles. The molecule has 3 saturated heterocycles. The molecular formula is C20H17BrClN3O2. The fourth-order valence-electron chi connectivity index (χ4n) is 4.64. The highest BCUT2D eigenvalue weighted by atomic mass is 79.9. The van der Waals surface area contributed by atoms with Crippen molar-refractivity contribution in [3.63, 3.8) is 0 Å². The number of nitrogens with zero attached hydrogens (tertiary/aromatic N) is 3. The second-order valence-electron chi connectivity index (χ2n) is 7.14. The average molecular weight is 447 g/mol. The number of halogens is 2. The Bertz CT molecular complexity index is 935. The maximum atomic E-state index is 13.4. The lowest BCUT2D eigenvalue weighted by Crippen LogP contribution is -2.44. The van der Waals surface area contributed by atoms with Crippen molar-refractivity contribution in [2.75, 3.05) is 18.0 Å². The summed E-state index contributed by atoms with van der Waals surface area (Å²) in [5.74, 6) is -0.665. The summed E-state index contributed by atoms with van der Waals surface area (Å²) in [7, 11) is 0. The molecule has 138 valence electrons. The summed E-state index contributed by atoms with van der Waals surface area (Å²) >= 11 is 9.48. The van der Waals surface area contributed by atoms with E-state index in [1.807, 2.05) is 42.5 Å². The summed E-state index contributed by atoms with van der Waals surface area (Å²) in [6.07, 6.45) is 0.992.